The normalized spacial score (nSPS) is 18.5. The molecule has 0 unspecified atom stereocenters. The lowest BCUT2D eigenvalue weighted by Gasteiger charge is -2.28. The molecule has 1 aliphatic rings. The molecule has 0 radical (unpaired) electrons. The fourth-order valence-electron chi connectivity index (χ4n) is 1.98. The molecule has 88 valence electrons. The van der Waals surface area contributed by atoms with Gasteiger partial charge in [0, 0.05) is 20.1 Å². The Morgan fingerprint density at radius 1 is 1.20 bits per heavy atom. The zero-order valence-corrected chi connectivity index (χ0v) is 10.4. The fraction of sp³-hybridized carbons (Fsp3) is 0.846. The first-order valence-corrected chi connectivity index (χ1v) is 6.42. The van der Waals surface area contributed by atoms with E-state index in [-0.39, 0.29) is 0 Å². The third kappa shape index (κ3) is 5.83. The molecule has 1 fully saturated rings. The number of hydrogen-bond acceptors (Lipinski definition) is 2. The van der Waals surface area contributed by atoms with Gasteiger partial charge in [0.15, 0.2) is 0 Å². The van der Waals surface area contributed by atoms with Crippen LogP contribution in [0.25, 0.3) is 0 Å². The van der Waals surface area contributed by atoms with E-state index in [1.165, 1.54) is 58.3 Å². The molecule has 0 aromatic carbocycles. The van der Waals surface area contributed by atoms with Crippen LogP contribution in [0.1, 0.15) is 39.0 Å². The van der Waals surface area contributed by atoms with Gasteiger partial charge in [-0.15, -0.1) is 0 Å². The van der Waals surface area contributed by atoms with Crippen molar-refractivity contribution < 1.29 is 0 Å². The van der Waals surface area contributed by atoms with Crippen LogP contribution in [0.3, 0.4) is 0 Å². The van der Waals surface area contributed by atoms with Gasteiger partial charge < -0.3 is 9.80 Å². The van der Waals surface area contributed by atoms with E-state index < -0.39 is 0 Å². The van der Waals surface area contributed by atoms with Crippen LogP contribution in [-0.4, -0.2) is 43.0 Å². The standard InChI is InChI=1S/C13H26N2/c1-3-4-6-9-14(2)12-13-15-10-7-5-8-11-15/h6,9H,3-5,7-8,10-13H2,1-2H3/b9-6+. The first-order valence-electron chi connectivity index (χ1n) is 6.42. The average molecular weight is 210 g/mol. The molecule has 15 heavy (non-hydrogen) atoms. The van der Waals surface area contributed by atoms with Crippen LogP contribution in [0.5, 0.6) is 0 Å². The Morgan fingerprint density at radius 2 is 1.93 bits per heavy atom. The minimum Gasteiger partial charge on any atom is -0.379 e. The maximum absolute atomic E-state index is 2.59. The summed E-state index contributed by atoms with van der Waals surface area (Å²) in [6.07, 6.45) is 11.2. The number of piperidine rings is 1. The Balaban J connectivity index is 2.07. The van der Waals surface area contributed by atoms with Crippen molar-refractivity contribution in [1.82, 2.24) is 9.80 Å². The molecule has 0 bridgehead atoms. The summed E-state index contributed by atoms with van der Waals surface area (Å²) < 4.78 is 0. The van der Waals surface area contributed by atoms with Gasteiger partial charge >= 0.3 is 0 Å². The predicted molar refractivity (Wildman–Crippen MR) is 67.0 cm³/mol. The third-order valence-electron chi connectivity index (χ3n) is 3.03. The van der Waals surface area contributed by atoms with Crippen LogP contribution in [0.2, 0.25) is 0 Å². The van der Waals surface area contributed by atoms with E-state index in [1.807, 2.05) is 0 Å². The molecule has 1 aliphatic heterocycles. The van der Waals surface area contributed by atoms with E-state index in [9.17, 15) is 0 Å². The summed E-state index contributed by atoms with van der Waals surface area (Å²) >= 11 is 0. The van der Waals surface area contributed by atoms with Crippen LogP contribution >= 0.6 is 0 Å². The molecule has 0 N–H and O–H groups in total. The molecule has 2 nitrogen and oxygen atoms in total. The average Bonchev–Trinajstić information content (AvgIpc) is 2.28. The summed E-state index contributed by atoms with van der Waals surface area (Å²) in [5, 5.41) is 0. The number of unbranched alkanes of at least 4 members (excludes halogenated alkanes) is 1. The summed E-state index contributed by atoms with van der Waals surface area (Å²) in [7, 11) is 2.18. The van der Waals surface area contributed by atoms with Crippen LogP contribution < -0.4 is 0 Å². The predicted octanol–water partition coefficient (Wildman–Crippen LogP) is 2.72. The van der Waals surface area contributed by atoms with Crippen molar-refractivity contribution in [1.29, 1.82) is 0 Å². The molecule has 0 saturated carbocycles. The smallest absolute Gasteiger partial charge is 0.0296 e. The lowest BCUT2D eigenvalue weighted by molar-refractivity contribution is 0.212. The lowest BCUT2D eigenvalue weighted by Crippen LogP contribution is -2.35. The van der Waals surface area contributed by atoms with Gasteiger partial charge in [0.1, 0.15) is 0 Å². The van der Waals surface area contributed by atoms with E-state index in [1.54, 1.807) is 0 Å². The van der Waals surface area contributed by atoms with Gasteiger partial charge in [-0.05, 0) is 38.6 Å². The SMILES string of the molecule is CCC/C=C/N(C)CCN1CCCCC1. The third-order valence-corrected chi connectivity index (χ3v) is 3.03. The van der Waals surface area contributed by atoms with Crippen LogP contribution in [0, 0.1) is 0 Å². The Hall–Kier alpha value is -0.500. The highest BCUT2D eigenvalue weighted by molar-refractivity contribution is 4.80. The maximum Gasteiger partial charge on any atom is 0.0296 e. The van der Waals surface area contributed by atoms with Gasteiger partial charge in [-0.2, -0.15) is 0 Å². The highest BCUT2D eigenvalue weighted by Crippen LogP contribution is 2.07. The van der Waals surface area contributed by atoms with Crippen LogP contribution in [0.15, 0.2) is 12.3 Å². The highest BCUT2D eigenvalue weighted by atomic mass is 15.2. The van der Waals surface area contributed by atoms with E-state index in [2.05, 4.69) is 36.0 Å². The van der Waals surface area contributed by atoms with Crippen molar-refractivity contribution in [3.05, 3.63) is 12.3 Å². The first kappa shape index (κ1) is 12.6. The van der Waals surface area contributed by atoms with Crippen molar-refractivity contribution >= 4 is 0 Å². The molecule has 0 aromatic rings. The van der Waals surface area contributed by atoms with Gasteiger partial charge in [-0.25, -0.2) is 0 Å². The molecular weight excluding hydrogens is 184 g/mol. The Morgan fingerprint density at radius 3 is 2.60 bits per heavy atom. The van der Waals surface area contributed by atoms with E-state index >= 15 is 0 Å². The molecule has 0 spiro atoms. The fourth-order valence-corrected chi connectivity index (χ4v) is 1.98. The van der Waals surface area contributed by atoms with Crippen LogP contribution in [-0.2, 0) is 0 Å². The van der Waals surface area contributed by atoms with E-state index in [0.29, 0.717) is 0 Å². The quantitative estimate of drug-likeness (QED) is 0.665. The number of rotatable bonds is 6. The van der Waals surface area contributed by atoms with Crippen molar-refractivity contribution in [3.63, 3.8) is 0 Å². The molecule has 1 saturated heterocycles. The van der Waals surface area contributed by atoms with Crippen molar-refractivity contribution in [3.8, 4) is 0 Å². The Kier molecular flexibility index (Phi) is 6.49. The maximum atomic E-state index is 2.59. The molecule has 2 heteroatoms. The largest absolute Gasteiger partial charge is 0.379 e. The molecule has 0 atom stereocenters. The van der Waals surface area contributed by atoms with Crippen molar-refractivity contribution in [2.24, 2.45) is 0 Å². The second-order valence-corrected chi connectivity index (χ2v) is 4.56. The molecule has 1 rings (SSSR count). The van der Waals surface area contributed by atoms with Gasteiger partial charge in [0.25, 0.3) is 0 Å². The molecular formula is C13H26N2. The number of hydrogen-bond donors (Lipinski definition) is 0. The second-order valence-electron chi connectivity index (χ2n) is 4.56. The number of likely N-dealkylation sites (tertiary alicyclic amines) is 1. The first-order chi connectivity index (χ1) is 7.33. The summed E-state index contributed by atoms with van der Waals surface area (Å²) in [5.41, 5.74) is 0. The summed E-state index contributed by atoms with van der Waals surface area (Å²) in [5.74, 6) is 0. The van der Waals surface area contributed by atoms with E-state index in [0.717, 1.165) is 0 Å². The zero-order chi connectivity index (χ0) is 10.9. The molecule has 0 aromatic heterocycles. The van der Waals surface area contributed by atoms with Gasteiger partial charge in [-0.1, -0.05) is 25.8 Å². The van der Waals surface area contributed by atoms with Gasteiger partial charge in [0.2, 0.25) is 0 Å². The minimum atomic E-state index is 1.17. The molecule has 0 aliphatic carbocycles. The van der Waals surface area contributed by atoms with Gasteiger partial charge in [-0.3, -0.25) is 0 Å². The topological polar surface area (TPSA) is 6.48 Å². The van der Waals surface area contributed by atoms with Gasteiger partial charge in [0.05, 0.1) is 0 Å². The number of nitrogens with zero attached hydrogens (tertiary/aromatic N) is 2. The Labute approximate surface area is 94.9 Å². The number of allylic oxidation sites excluding steroid dienone is 1. The lowest BCUT2D eigenvalue weighted by atomic mass is 10.1. The molecule has 0 amide bonds. The molecule has 1 heterocycles. The summed E-state index contributed by atoms with van der Waals surface area (Å²) in [6.45, 7) is 7.24. The highest BCUT2D eigenvalue weighted by Gasteiger charge is 2.09. The zero-order valence-electron chi connectivity index (χ0n) is 10.4. The second kappa shape index (κ2) is 7.75. The van der Waals surface area contributed by atoms with Crippen LogP contribution in [0.4, 0.5) is 0 Å². The summed E-state index contributed by atoms with van der Waals surface area (Å²) in [4.78, 5) is 4.90. The van der Waals surface area contributed by atoms with Crippen molar-refractivity contribution in [2.45, 2.75) is 39.0 Å². The van der Waals surface area contributed by atoms with Crippen molar-refractivity contribution in [2.75, 3.05) is 33.2 Å². The minimum absolute atomic E-state index is 1.17. The Bertz CT molecular complexity index is 171. The monoisotopic (exact) mass is 210 g/mol. The van der Waals surface area contributed by atoms with E-state index in [4.69, 9.17) is 0 Å². The summed E-state index contributed by atoms with van der Waals surface area (Å²) in [6, 6.07) is 0. The number of likely N-dealkylation sites (N-methyl/N-ethyl adjacent to an activating group) is 1.